The molecule has 0 saturated carbocycles. The second-order valence-electron chi connectivity index (χ2n) is 4.19. The summed E-state index contributed by atoms with van der Waals surface area (Å²) in [5, 5.41) is 8.94. The highest BCUT2D eigenvalue weighted by atomic mass is 32.2. The SMILES string of the molecule is CCC[C@@H](NS(=O)(=O)c1ccc(C(N)=O)cc1)C(=O)O. The monoisotopic (exact) mass is 300 g/mol. The Bertz CT molecular complexity index is 595. The molecule has 0 unspecified atom stereocenters. The summed E-state index contributed by atoms with van der Waals surface area (Å²) in [4.78, 5) is 21.7. The van der Waals surface area contributed by atoms with E-state index in [4.69, 9.17) is 10.8 Å². The van der Waals surface area contributed by atoms with E-state index in [1.165, 1.54) is 24.3 Å². The van der Waals surface area contributed by atoms with E-state index >= 15 is 0 Å². The van der Waals surface area contributed by atoms with E-state index in [0.29, 0.717) is 6.42 Å². The van der Waals surface area contributed by atoms with Crippen molar-refractivity contribution in [3.63, 3.8) is 0 Å². The Morgan fingerprint density at radius 1 is 1.30 bits per heavy atom. The summed E-state index contributed by atoms with van der Waals surface area (Å²) in [6.07, 6.45) is 0.716. The van der Waals surface area contributed by atoms with Crippen molar-refractivity contribution >= 4 is 21.9 Å². The summed E-state index contributed by atoms with van der Waals surface area (Å²) in [5.74, 6) is -1.90. The molecule has 7 nitrogen and oxygen atoms in total. The summed E-state index contributed by atoms with van der Waals surface area (Å²) in [6, 6.07) is 3.76. The average Bonchev–Trinajstić information content (AvgIpc) is 2.38. The standard InChI is InChI=1S/C12H16N2O5S/c1-2-3-10(12(16)17)14-20(18,19)9-6-4-8(5-7-9)11(13)15/h4-7,10,14H,2-3H2,1H3,(H2,13,15)(H,16,17)/t10-/m1/s1. The van der Waals surface area contributed by atoms with Crippen LogP contribution in [-0.2, 0) is 14.8 Å². The van der Waals surface area contributed by atoms with E-state index in [0.717, 1.165) is 0 Å². The molecule has 1 amide bonds. The van der Waals surface area contributed by atoms with Gasteiger partial charge in [-0.05, 0) is 30.7 Å². The van der Waals surface area contributed by atoms with Crippen LogP contribution in [0.25, 0.3) is 0 Å². The minimum absolute atomic E-state index is 0.121. The topological polar surface area (TPSA) is 127 Å². The number of carbonyl (C=O) groups excluding carboxylic acids is 1. The summed E-state index contributed by atoms with van der Waals surface area (Å²) in [6.45, 7) is 1.76. The number of sulfonamides is 1. The number of rotatable bonds is 7. The van der Waals surface area contributed by atoms with Crippen LogP contribution in [0.4, 0.5) is 0 Å². The van der Waals surface area contributed by atoms with Gasteiger partial charge in [-0.1, -0.05) is 13.3 Å². The summed E-state index contributed by atoms with van der Waals surface area (Å²) < 4.78 is 26.1. The quantitative estimate of drug-likeness (QED) is 0.668. The van der Waals surface area contributed by atoms with Crippen molar-refractivity contribution in [3.8, 4) is 0 Å². The van der Waals surface area contributed by atoms with Crippen LogP contribution >= 0.6 is 0 Å². The van der Waals surface area contributed by atoms with E-state index in [9.17, 15) is 18.0 Å². The first-order valence-electron chi connectivity index (χ1n) is 5.93. The van der Waals surface area contributed by atoms with Crippen LogP contribution in [0.15, 0.2) is 29.2 Å². The molecule has 0 saturated heterocycles. The van der Waals surface area contributed by atoms with Gasteiger partial charge in [0.05, 0.1) is 4.90 Å². The van der Waals surface area contributed by atoms with E-state index in [1.807, 2.05) is 0 Å². The number of aliphatic carboxylic acids is 1. The number of carboxylic acid groups (broad SMARTS) is 1. The van der Waals surface area contributed by atoms with Gasteiger partial charge in [0.25, 0.3) is 0 Å². The zero-order valence-electron chi connectivity index (χ0n) is 10.9. The number of carbonyl (C=O) groups is 2. The normalized spacial score (nSPS) is 12.8. The third-order valence-electron chi connectivity index (χ3n) is 2.62. The lowest BCUT2D eigenvalue weighted by Crippen LogP contribution is -2.40. The fraction of sp³-hybridized carbons (Fsp3) is 0.333. The van der Waals surface area contributed by atoms with Crippen molar-refractivity contribution in [2.75, 3.05) is 0 Å². The molecule has 0 heterocycles. The van der Waals surface area contributed by atoms with E-state index in [2.05, 4.69) is 4.72 Å². The Morgan fingerprint density at radius 3 is 2.25 bits per heavy atom. The van der Waals surface area contributed by atoms with Crippen molar-refractivity contribution < 1.29 is 23.1 Å². The number of nitrogens with two attached hydrogens (primary N) is 1. The van der Waals surface area contributed by atoms with Gasteiger partial charge in [0.1, 0.15) is 6.04 Å². The molecule has 0 bridgehead atoms. The molecule has 1 aromatic rings. The molecule has 1 aromatic carbocycles. The van der Waals surface area contributed by atoms with E-state index in [1.54, 1.807) is 6.92 Å². The van der Waals surface area contributed by atoms with Crippen LogP contribution in [0.3, 0.4) is 0 Å². The van der Waals surface area contributed by atoms with Crippen molar-refractivity contribution in [3.05, 3.63) is 29.8 Å². The molecular formula is C12H16N2O5S. The second-order valence-corrected chi connectivity index (χ2v) is 5.90. The minimum Gasteiger partial charge on any atom is -0.480 e. The molecule has 0 spiro atoms. The molecule has 0 fully saturated rings. The Kier molecular flexibility index (Phi) is 5.23. The van der Waals surface area contributed by atoms with Gasteiger partial charge in [-0.2, -0.15) is 4.72 Å². The fourth-order valence-corrected chi connectivity index (χ4v) is 2.80. The smallest absolute Gasteiger partial charge is 0.321 e. The van der Waals surface area contributed by atoms with E-state index < -0.39 is 27.9 Å². The fourth-order valence-electron chi connectivity index (χ4n) is 1.58. The largest absolute Gasteiger partial charge is 0.480 e. The Labute approximate surface area is 116 Å². The summed E-state index contributed by atoms with van der Waals surface area (Å²) in [5.41, 5.74) is 5.22. The average molecular weight is 300 g/mol. The maximum atomic E-state index is 12.0. The number of nitrogens with one attached hydrogen (secondary N) is 1. The molecule has 4 N–H and O–H groups in total. The number of amides is 1. The maximum Gasteiger partial charge on any atom is 0.321 e. The molecule has 20 heavy (non-hydrogen) atoms. The lowest BCUT2D eigenvalue weighted by Gasteiger charge is -2.14. The second kappa shape index (κ2) is 6.49. The third-order valence-corrected chi connectivity index (χ3v) is 4.11. The molecule has 0 aliphatic carbocycles. The predicted octanol–water partition coefficient (Wildman–Crippen LogP) is 0.317. The molecule has 1 atom stereocenters. The van der Waals surface area contributed by atoms with Gasteiger partial charge in [0.2, 0.25) is 15.9 Å². The van der Waals surface area contributed by atoms with Crippen molar-refractivity contribution in [2.45, 2.75) is 30.7 Å². The lowest BCUT2D eigenvalue weighted by atomic mass is 10.2. The lowest BCUT2D eigenvalue weighted by molar-refractivity contribution is -0.139. The number of benzene rings is 1. The first-order valence-corrected chi connectivity index (χ1v) is 7.41. The number of primary amides is 1. The number of carboxylic acids is 1. The van der Waals surface area contributed by atoms with E-state index in [-0.39, 0.29) is 16.9 Å². The molecule has 8 heteroatoms. The number of hydrogen-bond acceptors (Lipinski definition) is 4. The third kappa shape index (κ3) is 4.04. The summed E-state index contributed by atoms with van der Waals surface area (Å²) in [7, 11) is -3.95. The van der Waals surface area contributed by atoms with Gasteiger partial charge in [-0.15, -0.1) is 0 Å². The Hall–Kier alpha value is -1.93. The van der Waals surface area contributed by atoms with Gasteiger partial charge in [0.15, 0.2) is 0 Å². The highest BCUT2D eigenvalue weighted by Gasteiger charge is 2.24. The number of hydrogen-bond donors (Lipinski definition) is 3. The molecule has 110 valence electrons. The zero-order valence-corrected chi connectivity index (χ0v) is 11.7. The highest BCUT2D eigenvalue weighted by molar-refractivity contribution is 7.89. The molecule has 0 aromatic heterocycles. The van der Waals surface area contributed by atoms with Crippen LogP contribution < -0.4 is 10.5 Å². The first-order chi connectivity index (χ1) is 9.27. The summed E-state index contributed by atoms with van der Waals surface area (Å²) >= 11 is 0. The van der Waals surface area contributed by atoms with Crippen molar-refractivity contribution in [1.82, 2.24) is 4.72 Å². The maximum absolute atomic E-state index is 12.0. The molecule has 0 aliphatic rings. The Balaban J connectivity index is 2.98. The molecule has 1 rings (SSSR count). The van der Waals surface area contributed by atoms with Crippen LogP contribution in [0.1, 0.15) is 30.1 Å². The Morgan fingerprint density at radius 2 is 1.85 bits per heavy atom. The van der Waals surface area contributed by atoms with Crippen molar-refractivity contribution in [2.24, 2.45) is 5.73 Å². The van der Waals surface area contributed by atoms with Gasteiger partial charge in [-0.25, -0.2) is 8.42 Å². The molecular weight excluding hydrogens is 284 g/mol. The highest BCUT2D eigenvalue weighted by Crippen LogP contribution is 2.12. The first kappa shape index (κ1) is 16.1. The predicted molar refractivity (Wildman–Crippen MR) is 71.6 cm³/mol. The van der Waals surface area contributed by atoms with Crippen LogP contribution in [0.2, 0.25) is 0 Å². The molecule has 0 aliphatic heterocycles. The minimum atomic E-state index is -3.95. The molecule has 0 radical (unpaired) electrons. The van der Waals surface area contributed by atoms with Crippen LogP contribution in [0, 0.1) is 0 Å². The zero-order chi connectivity index (χ0) is 15.3. The van der Waals surface area contributed by atoms with Gasteiger partial charge < -0.3 is 10.8 Å². The van der Waals surface area contributed by atoms with Gasteiger partial charge in [-0.3, -0.25) is 9.59 Å². The van der Waals surface area contributed by atoms with Gasteiger partial charge >= 0.3 is 5.97 Å². The van der Waals surface area contributed by atoms with Crippen LogP contribution in [-0.4, -0.2) is 31.4 Å². The van der Waals surface area contributed by atoms with Crippen LogP contribution in [0.5, 0.6) is 0 Å². The van der Waals surface area contributed by atoms with Gasteiger partial charge in [0, 0.05) is 5.56 Å². The van der Waals surface area contributed by atoms with Crippen molar-refractivity contribution in [1.29, 1.82) is 0 Å².